The van der Waals surface area contributed by atoms with Gasteiger partial charge >= 0.3 is 12.0 Å². The van der Waals surface area contributed by atoms with Crippen LogP contribution >= 0.6 is 33.2 Å². The van der Waals surface area contributed by atoms with E-state index >= 15 is 0 Å². The minimum absolute atomic E-state index is 0.105. The number of hydrogen-bond acceptors (Lipinski definition) is 2. The number of esters is 1. The summed E-state index contributed by atoms with van der Waals surface area (Å²) in [6.45, 7) is 3.78. The van der Waals surface area contributed by atoms with E-state index in [0.717, 1.165) is 5.56 Å². The van der Waals surface area contributed by atoms with Gasteiger partial charge in [0.2, 0.25) is 0 Å². The van der Waals surface area contributed by atoms with Crippen molar-refractivity contribution >= 4 is 50.8 Å². The zero-order valence-electron chi connectivity index (χ0n) is 8.96. The molecule has 92 valence electrons. The van der Waals surface area contributed by atoms with Gasteiger partial charge in [-0.15, -0.1) is 33.2 Å². The van der Waals surface area contributed by atoms with Crippen molar-refractivity contribution in [3.05, 3.63) is 42.5 Å². The van der Waals surface area contributed by atoms with E-state index in [0.29, 0.717) is 5.57 Å². The predicted octanol–water partition coefficient (Wildman–Crippen LogP) is 3.90. The lowest BCUT2D eigenvalue weighted by molar-refractivity contribution is -0.136. The number of halogens is 3. The second kappa shape index (κ2) is 6.45. The van der Waals surface area contributed by atoms with E-state index in [1.54, 1.807) is 12.1 Å². The Morgan fingerprint density at radius 2 is 1.82 bits per heavy atom. The van der Waals surface area contributed by atoms with Gasteiger partial charge in [0.1, 0.15) is 0 Å². The second-order valence-corrected chi connectivity index (χ2v) is 12.6. The van der Waals surface area contributed by atoms with Gasteiger partial charge in [-0.25, -0.2) is 4.79 Å². The molecule has 0 saturated heterocycles. The third kappa shape index (κ3) is 5.59. The molecular weight excluding hydrogens is 299 g/mol. The van der Waals surface area contributed by atoms with Crippen molar-refractivity contribution in [2.75, 3.05) is 6.61 Å². The van der Waals surface area contributed by atoms with Crippen LogP contribution in [0.1, 0.15) is 5.56 Å². The lowest BCUT2D eigenvalue weighted by atomic mass is 10.1. The fourth-order valence-electron chi connectivity index (χ4n) is 1.10. The summed E-state index contributed by atoms with van der Waals surface area (Å²) in [7, 11) is 0. The molecule has 0 aromatic heterocycles. The van der Waals surface area contributed by atoms with E-state index in [1.165, 1.54) is 0 Å². The van der Waals surface area contributed by atoms with Gasteiger partial charge in [0.15, 0.2) is 0 Å². The van der Waals surface area contributed by atoms with Crippen LogP contribution in [-0.4, -0.2) is 18.6 Å². The average Bonchev–Trinajstić information content (AvgIpc) is 2.27. The zero-order chi connectivity index (χ0) is 12.9. The number of rotatable bonds is 5. The molecule has 2 nitrogen and oxygen atoms in total. The monoisotopic (exact) mass is 308 g/mol. The maximum Gasteiger partial charge on any atom is 0.344 e. The maximum absolute atomic E-state index is 11.6. The fourth-order valence-corrected chi connectivity index (χ4v) is 2.13. The van der Waals surface area contributed by atoms with Gasteiger partial charge in [0, 0.05) is 6.04 Å². The Hall–Kier alpha value is -0.483. The van der Waals surface area contributed by atoms with E-state index in [1.807, 2.05) is 18.2 Å². The molecule has 1 rings (SSSR count). The van der Waals surface area contributed by atoms with E-state index in [9.17, 15) is 4.79 Å². The molecule has 0 aliphatic rings. The number of carbonyl (C=O) groups is 1. The minimum atomic E-state index is -2.73. The van der Waals surface area contributed by atoms with Crippen LogP contribution in [0.4, 0.5) is 0 Å². The predicted molar refractivity (Wildman–Crippen MR) is 74.6 cm³/mol. The maximum atomic E-state index is 11.6. The topological polar surface area (TPSA) is 26.3 Å². The highest BCUT2D eigenvalue weighted by Crippen LogP contribution is 2.25. The Labute approximate surface area is 115 Å². The van der Waals surface area contributed by atoms with Gasteiger partial charge in [0.05, 0.1) is 12.2 Å². The summed E-state index contributed by atoms with van der Waals surface area (Å²) in [6.07, 6.45) is 0. The molecule has 0 N–H and O–H groups in total. The molecule has 0 radical (unpaired) electrons. The van der Waals surface area contributed by atoms with E-state index in [2.05, 4.69) is 6.58 Å². The molecule has 17 heavy (non-hydrogen) atoms. The molecule has 0 unspecified atom stereocenters. The molecular formula is C11H11Cl3O2Si. The van der Waals surface area contributed by atoms with Gasteiger partial charge in [-0.2, -0.15) is 0 Å². The van der Waals surface area contributed by atoms with Crippen molar-refractivity contribution in [2.24, 2.45) is 0 Å². The summed E-state index contributed by atoms with van der Waals surface area (Å²) in [4.78, 5) is 11.6. The fraction of sp³-hybridized carbons (Fsp3) is 0.182. The molecule has 0 aliphatic carbocycles. The van der Waals surface area contributed by atoms with Crippen molar-refractivity contribution in [1.82, 2.24) is 0 Å². The summed E-state index contributed by atoms with van der Waals surface area (Å²) in [5, 5.41) is 0. The molecule has 1 aromatic carbocycles. The zero-order valence-corrected chi connectivity index (χ0v) is 12.2. The first-order chi connectivity index (χ1) is 7.90. The quantitative estimate of drug-likeness (QED) is 0.357. The summed E-state index contributed by atoms with van der Waals surface area (Å²) < 4.78 is 4.98. The molecule has 6 heteroatoms. The Morgan fingerprint density at radius 1 is 1.24 bits per heavy atom. The number of ether oxygens (including phenoxy) is 1. The Kier molecular flexibility index (Phi) is 5.53. The van der Waals surface area contributed by atoms with Gasteiger partial charge < -0.3 is 4.74 Å². The lowest BCUT2D eigenvalue weighted by Gasteiger charge is -2.09. The first-order valence-electron chi connectivity index (χ1n) is 4.88. The van der Waals surface area contributed by atoms with E-state index in [-0.39, 0.29) is 12.7 Å². The summed E-state index contributed by atoms with van der Waals surface area (Å²) in [5.41, 5.74) is 1.03. The molecule has 0 fully saturated rings. The van der Waals surface area contributed by atoms with Crippen LogP contribution in [0.5, 0.6) is 0 Å². The summed E-state index contributed by atoms with van der Waals surface area (Å²) in [5.74, 6) is -0.487. The standard InChI is InChI=1S/C11H11Cl3O2Si/c1-9(10-5-3-2-4-6-10)11(15)16-7-8-17(12,13)14/h2-6H,1,7-8H2. The molecule has 1 aromatic rings. The van der Waals surface area contributed by atoms with Crippen molar-refractivity contribution in [1.29, 1.82) is 0 Å². The molecule has 0 aliphatic heterocycles. The Balaban J connectivity index is 2.47. The van der Waals surface area contributed by atoms with E-state index in [4.69, 9.17) is 38.0 Å². The van der Waals surface area contributed by atoms with Gasteiger partial charge in [0.25, 0.3) is 0 Å². The van der Waals surface area contributed by atoms with Crippen molar-refractivity contribution in [2.45, 2.75) is 6.04 Å². The molecule has 0 atom stereocenters. The van der Waals surface area contributed by atoms with Crippen molar-refractivity contribution in [3.8, 4) is 0 Å². The van der Waals surface area contributed by atoms with Crippen LogP contribution in [0.25, 0.3) is 5.57 Å². The largest absolute Gasteiger partial charge is 0.462 e. The van der Waals surface area contributed by atoms with Crippen LogP contribution in [0.15, 0.2) is 36.9 Å². The van der Waals surface area contributed by atoms with Crippen LogP contribution < -0.4 is 0 Å². The van der Waals surface area contributed by atoms with Gasteiger partial charge in [-0.3, -0.25) is 0 Å². The van der Waals surface area contributed by atoms with Crippen LogP contribution in [0.2, 0.25) is 6.04 Å². The summed E-state index contributed by atoms with van der Waals surface area (Å²) in [6, 6.07) is 6.63. The minimum Gasteiger partial charge on any atom is -0.462 e. The molecule has 0 heterocycles. The van der Waals surface area contributed by atoms with Crippen molar-refractivity contribution in [3.63, 3.8) is 0 Å². The lowest BCUT2D eigenvalue weighted by Crippen LogP contribution is -2.15. The Morgan fingerprint density at radius 3 is 2.35 bits per heavy atom. The van der Waals surface area contributed by atoms with Crippen LogP contribution in [0.3, 0.4) is 0 Å². The van der Waals surface area contributed by atoms with Gasteiger partial charge in [-0.05, 0) is 5.56 Å². The molecule has 0 spiro atoms. The number of benzene rings is 1. The number of hydrogen-bond donors (Lipinski definition) is 0. The first-order valence-corrected chi connectivity index (χ1v) is 10.1. The first kappa shape index (κ1) is 14.6. The molecule has 0 saturated carbocycles. The molecule has 0 amide bonds. The van der Waals surface area contributed by atoms with Crippen LogP contribution in [0, 0.1) is 0 Å². The highest BCUT2D eigenvalue weighted by molar-refractivity contribution is 7.64. The summed E-state index contributed by atoms with van der Waals surface area (Å²) >= 11 is 17.0. The number of carbonyl (C=O) groups excluding carboxylic acids is 1. The SMILES string of the molecule is C=C(C(=O)OCC[Si](Cl)(Cl)Cl)c1ccccc1. The third-order valence-corrected chi connectivity index (χ3v) is 4.46. The second-order valence-electron chi connectivity index (χ2n) is 3.35. The van der Waals surface area contributed by atoms with Crippen molar-refractivity contribution < 1.29 is 9.53 Å². The Bertz CT molecular complexity index is 401. The van der Waals surface area contributed by atoms with E-state index < -0.39 is 12.0 Å². The smallest absolute Gasteiger partial charge is 0.344 e. The van der Waals surface area contributed by atoms with Crippen LogP contribution in [-0.2, 0) is 9.53 Å². The van der Waals surface area contributed by atoms with Gasteiger partial charge in [-0.1, -0.05) is 36.9 Å². The average molecular weight is 310 g/mol. The third-order valence-electron chi connectivity index (χ3n) is 1.99. The highest BCUT2D eigenvalue weighted by atomic mass is 35.8. The molecule has 0 bridgehead atoms. The highest BCUT2D eigenvalue weighted by Gasteiger charge is 2.25. The normalized spacial score (nSPS) is 11.0.